The van der Waals surface area contributed by atoms with Crippen molar-refractivity contribution >= 4 is 19.8 Å². The van der Waals surface area contributed by atoms with E-state index in [0.717, 1.165) is 5.56 Å². The fraction of sp³-hybridized carbons (Fsp3) is 0.526. The van der Waals surface area contributed by atoms with Gasteiger partial charge in [-0.15, -0.1) is 0 Å². The van der Waals surface area contributed by atoms with Crippen molar-refractivity contribution in [2.75, 3.05) is 6.54 Å². The molecule has 0 aromatic heterocycles. The molecule has 0 spiro atoms. The molecule has 4 nitrogen and oxygen atoms in total. The monoisotopic (exact) mass is 345 g/mol. The van der Waals surface area contributed by atoms with Gasteiger partial charge in [-0.05, 0) is 23.7 Å². The molecule has 3 rings (SSSR count). The van der Waals surface area contributed by atoms with Crippen molar-refractivity contribution in [3.8, 4) is 0 Å². The number of rotatable bonds is 3. The van der Waals surface area contributed by atoms with E-state index in [2.05, 4.69) is 33.9 Å². The predicted molar refractivity (Wildman–Crippen MR) is 98.2 cm³/mol. The quantitative estimate of drug-likeness (QED) is 0.844. The number of fused-ring (bicyclic) bond motifs is 1. The van der Waals surface area contributed by atoms with Crippen LogP contribution in [0.2, 0.25) is 18.1 Å². The number of hydrogen-bond acceptors (Lipinski definition) is 3. The van der Waals surface area contributed by atoms with E-state index in [0.29, 0.717) is 18.5 Å². The van der Waals surface area contributed by atoms with E-state index >= 15 is 0 Å². The minimum atomic E-state index is -1.88. The highest BCUT2D eigenvalue weighted by atomic mass is 28.4. The lowest BCUT2D eigenvalue weighted by molar-refractivity contribution is -0.124. The van der Waals surface area contributed by atoms with Crippen molar-refractivity contribution in [1.29, 1.82) is 0 Å². The molecule has 2 aliphatic heterocycles. The van der Waals surface area contributed by atoms with Gasteiger partial charge in [0, 0.05) is 13.0 Å². The molecule has 0 bridgehead atoms. The van der Waals surface area contributed by atoms with Crippen LogP contribution in [0.15, 0.2) is 36.1 Å². The van der Waals surface area contributed by atoms with E-state index in [1.165, 1.54) is 0 Å². The third-order valence-corrected chi connectivity index (χ3v) is 10.2. The zero-order valence-electron chi connectivity index (χ0n) is 15.2. The average Bonchev–Trinajstić information content (AvgIpc) is 2.98. The Morgan fingerprint density at radius 3 is 2.38 bits per heavy atom. The number of nitrogens with zero attached hydrogens (tertiary/aromatic N) is 1. The first-order chi connectivity index (χ1) is 11.1. The van der Waals surface area contributed by atoms with E-state index in [1.807, 2.05) is 30.3 Å². The fourth-order valence-corrected chi connectivity index (χ4v) is 4.61. The van der Waals surface area contributed by atoms with Gasteiger partial charge in [0.05, 0.1) is 17.7 Å². The number of carbonyl (C=O) groups is 1. The molecular formula is C19H27NO3Si. The SMILES string of the molecule is CC(C)(C)[Si](C)(C)O[C@@H]1C[C@H]2C(O)=C(c3ccccc3)C(=O)N2C1. The average molecular weight is 346 g/mol. The molecule has 1 fully saturated rings. The Hall–Kier alpha value is -1.59. The second kappa shape index (κ2) is 5.74. The zero-order chi connectivity index (χ0) is 17.7. The van der Waals surface area contributed by atoms with Crippen molar-refractivity contribution in [3.63, 3.8) is 0 Å². The van der Waals surface area contributed by atoms with Crippen LogP contribution in [0.3, 0.4) is 0 Å². The van der Waals surface area contributed by atoms with Crippen LogP contribution in [0.5, 0.6) is 0 Å². The number of aliphatic hydroxyl groups is 1. The van der Waals surface area contributed by atoms with Gasteiger partial charge in [-0.1, -0.05) is 51.1 Å². The standard InChI is InChI=1S/C19H27NO3Si/c1-19(2,3)24(4,5)23-14-11-15-17(21)16(18(22)20(15)12-14)13-9-7-6-8-10-13/h6-10,14-15,21H,11-12H2,1-5H3/t14-,15+/m1/s1. The van der Waals surface area contributed by atoms with E-state index in [-0.39, 0.29) is 28.9 Å². The molecule has 1 amide bonds. The number of hydrogen-bond donors (Lipinski definition) is 1. The molecule has 0 aliphatic carbocycles. The molecule has 0 saturated carbocycles. The third kappa shape index (κ3) is 2.80. The van der Waals surface area contributed by atoms with E-state index in [4.69, 9.17) is 4.43 Å². The number of benzene rings is 1. The van der Waals surface area contributed by atoms with Crippen LogP contribution in [0.25, 0.3) is 5.57 Å². The van der Waals surface area contributed by atoms with Crippen LogP contribution < -0.4 is 0 Å². The van der Waals surface area contributed by atoms with E-state index in [1.54, 1.807) is 4.90 Å². The highest BCUT2D eigenvalue weighted by Gasteiger charge is 2.49. The molecule has 24 heavy (non-hydrogen) atoms. The number of carbonyl (C=O) groups excluding carboxylic acids is 1. The van der Waals surface area contributed by atoms with E-state index in [9.17, 15) is 9.90 Å². The van der Waals surface area contributed by atoms with Crippen LogP contribution >= 0.6 is 0 Å². The largest absolute Gasteiger partial charge is 0.509 e. The van der Waals surface area contributed by atoms with Crippen LogP contribution in [0, 0.1) is 0 Å². The lowest BCUT2D eigenvalue weighted by Crippen LogP contribution is -2.44. The Balaban J connectivity index is 1.80. The highest BCUT2D eigenvalue weighted by Crippen LogP contribution is 2.42. The van der Waals surface area contributed by atoms with Gasteiger partial charge in [0.1, 0.15) is 5.76 Å². The summed E-state index contributed by atoms with van der Waals surface area (Å²) in [5.41, 5.74) is 1.24. The van der Waals surface area contributed by atoms with Gasteiger partial charge in [-0.25, -0.2) is 0 Å². The minimum Gasteiger partial charge on any atom is -0.509 e. The Kier molecular flexibility index (Phi) is 4.12. The maximum atomic E-state index is 12.8. The summed E-state index contributed by atoms with van der Waals surface area (Å²) < 4.78 is 6.45. The lowest BCUT2D eigenvalue weighted by Gasteiger charge is -2.38. The fourth-order valence-electron chi connectivity index (χ4n) is 3.26. The summed E-state index contributed by atoms with van der Waals surface area (Å²) in [5.74, 6) is 0.123. The molecule has 2 atom stereocenters. The molecule has 1 aromatic carbocycles. The second-order valence-electron chi connectivity index (χ2n) is 8.34. The normalized spacial score (nSPS) is 24.7. The van der Waals surface area contributed by atoms with Crippen LogP contribution in [0.1, 0.15) is 32.8 Å². The van der Waals surface area contributed by atoms with Gasteiger partial charge in [0.2, 0.25) is 0 Å². The van der Waals surface area contributed by atoms with Gasteiger partial charge in [-0.2, -0.15) is 0 Å². The molecule has 2 heterocycles. The second-order valence-corrected chi connectivity index (χ2v) is 13.1. The summed E-state index contributed by atoms with van der Waals surface area (Å²) in [6.07, 6.45) is 0.694. The van der Waals surface area contributed by atoms with Gasteiger partial charge in [0.15, 0.2) is 8.32 Å². The Labute approximate surface area is 145 Å². The predicted octanol–water partition coefficient (Wildman–Crippen LogP) is 3.96. The van der Waals surface area contributed by atoms with E-state index < -0.39 is 8.32 Å². The van der Waals surface area contributed by atoms with Crippen molar-refractivity contribution in [3.05, 3.63) is 41.7 Å². The summed E-state index contributed by atoms with van der Waals surface area (Å²) in [5, 5.41) is 10.8. The molecule has 2 aliphatic rings. The molecular weight excluding hydrogens is 318 g/mol. The van der Waals surface area contributed by atoms with Gasteiger partial charge >= 0.3 is 0 Å². The molecule has 0 unspecified atom stereocenters. The van der Waals surface area contributed by atoms with Crippen molar-refractivity contribution in [2.45, 2.75) is 57.5 Å². The molecule has 130 valence electrons. The summed E-state index contributed by atoms with van der Waals surface area (Å²) >= 11 is 0. The zero-order valence-corrected chi connectivity index (χ0v) is 16.2. The Morgan fingerprint density at radius 2 is 1.83 bits per heavy atom. The first-order valence-electron chi connectivity index (χ1n) is 8.59. The summed E-state index contributed by atoms with van der Waals surface area (Å²) in [6.45, 7) is 11.7. The third-order valence-electron chi connectivity index (χ3n) is 5.64. The van der Waals surface area contributed by atoms with Crippen LogP contribution in [0.4, 0.5) is 0 Å². The van der Waals surface area contributed by atoms with Crippen LogP contribution in [-0.2, 0) is 9.22 Å². The topological polar surface area (TPSA) is 49.8 Å². The molecule has 5 heteroatoms. The van der Waals surface area contributed by atoms with Crippen LogP contribution in [-0.4, -0.2) is 42.9 Å². The molecule has 1 aromatic rings. The maximum Gasteiger partial charge on any atom is 0.258 e. The van der Waals surface area contributed by atoms with Gasteiger partial charge in [-0.3, -0.25) is 4.79 Å². The summed E-state index contributed by atoms with van der Waals surface area (Å²) in [6, 6.07) is 9.18. The van der Waals surface area contributed by atoms with Gasteiger partial charge in [0.25, 0.3) is 5.91 Å². The number of amides is 1. The maximum absolute atomic E-state index is 12.8. The highest BCUT2D eigenvalue weighted by molar-refractivity contribution is 6.74. The Morgan fingerprint density at radius 1 is 1.21 bits per heavy atom. The number of aliphatic hydroxyl groups excluding tert-OH is 1. The first-order valence-corrected chi connectivity index (χ1v) is 11.5. The summed E-state index contributed by atoms with van der Waals surface area (Å²) in [4.78, 5) is 14.5. The molecule has 1 saturated heterocycles. The van der Waals surface area contributed by atoms with Crippen molar-refractivity contribution in [2.24, 2.45) is 0 Å². The smallest absolute Gasteiger partial charge is 0.258 e. The lowest BCUT2D eigenvalue weighted by atomic mass is 10.0. The van der Waals surface area contributed by atoms with Crippen molar-refractivity contribution in [1.82, 2.24) is 4.90 Å². The summed E-state index contributed by atoms with van der Waals surface area (Å²) in [7, 11) is -1.88. The van der Waals surface area contributed by atoms with Gasteiger partial charge < -0.3 is 14.4 Å². The first kappa shape index (κ1) is 17.2. The van der Waals surface area contributed by atoms with Crippen molar-refractivity contribution < 1.29 is 14.3 Å². The Bertz CT molecular complexity index is 676. The minimum absolute atomic E-state index is 0.0133. The molecule has 1 N–H and O–H groups in total. The molecule has 0 radical (unpaired) electrons.